The summed E-state index contributed by atoms with van der Waals surface area (Å²) in [6, 6.07) is 2.39. The second kappa shape index (κ2) is 4.89. The Hall–Kier alpha value is -1.00. The highest BCUT2D eigenvalue weighted by Crippen LogP contribution is 2.11. The lowest BCUT2D eigenvalue weighted by molar-refractivity contribution is 0.131. The zero-order valence-electron chi connectivity index (χ0n) is 7.53. The molecule has 1 heterocycles. The van der Waals surface area contributed by atoms with Gasteiger partial charge in [-0.1, -0.05) is 0 Å². The van der Waals surface area contributed by atoms with Gasteiger partial charge in [-0.3, -0.25) is 4.98 Å². The van der Waals surface area contributed by atoms with Crippen LogP contribution in [-0.4, -0.2) is 18.2 Å². The van der Waals surface area contributed by atoms with E-state index >= 15 is 0 Å². The lowest BCUT2D eigenvalue weighted by Gasteiger charge is -2.10. The molecule has 0 aromatic carbocycles. The van der Waals surface area contributed by atoms with E-state index in [4.69, 9.17) is 10.5 Å². The molecule has 0 aliphatic rings. The van der Waals surface area contributed by atoms with Gasteiger partial charge in [0.15, 0.2) is 0 Å². The zero-order chi connectivity index (χ0) is 9.68. The summed E-state index contributed by atoms with van der Waals surface area (Å²) < 4.78 is 18.1. The van der Waals surface area contributed by atoms with Gasteiger partial charge in [-0.05, 0) is 19.1 Å². The van der Waals surface area contributed by atoms with E-state index in [1.807, 2.05) is 6.92 Å². The molecule has 1 atom stereocenters. The third-order valence-corrected chi connectivity index (χ3v) is 1.64. The molecular weight excluding hydrogens is 171 g/mol. The summed E-state index contributed by atoms with van der Waals surface area (Å²) in [5.74, 6) is -0.380. The Morgan fingerprint density at radius 3 is 3.08 bits per heavy atom. The van der Waals surface area contributed by atoms with Crippen molar-refractivity contribution in [1.29, 1.82) is 0 Å². The van der Waals surface area contributed by atoms with Crippen LogP contribution < -0.4 is 5.73 Å². The molecule has 72 valence electrons. The van der Waals surface area contributed by atoms with Crippen molar-refractivity contribution in [3.8, 4) is 0 Å². The minimum atomic E-state index is -0.485. The molecular formula is C9H13FN2O. The number of aromatic nitrogens is 1. The van der Waals surface area contributed by atoms with E-state index in [2.05, 4.69) is 4.98 Å². The van der Waals surface area contributed by atoms with Crippen molar-refractivity contribution >= 4 is 0 Å². The summed E-state index contributed by atoms with van der Waals surface area (Å²) in [6.07, 6.45) is 1.52. The first kappa shape index (κ1) is 10.1. The topological polar surface area (TPSA) is 48.1 Å². The fourth-order valence-corrected chi connectivity index (χ4v) is 0.994. The summed E-state index contributed by atoms with van der Waals surface area (Å²) in [5, 5.41) is 0. The van der Waals surface area contributed by atoms with Gasteiger partial charge in [-0.15, -0.1) is 0 Å². The van der Waals surface area contributed by atoms with Gasteiger partial charge in [0, 0.05) is 12.8 Å². The molecule has 2 N–H and O–H groups in total. The molecule has 3 nitrogen and oxygen atoms in total. The first-order valence-electron chi connectivity index (χ1n) is 4.19. The summed E-state index contributed by atoms with van der Waals surface area (Å²) in [4.78, 5) is 3.85. The second-order valence-electron chi connectivity index (χ2n) is 2.64. The number of hydrogen-bond acceptors (Lipinski definition) is 3. The van der Waals surface area contributed by atoms with Crippen molar-refractivity contribution < 1.29 is 9.13 Å². The van der Waals surface area contributed by atoms with Crippen LogP contribution in [0.1, 0.15) is 18.7 Å². The quantitative estimate of drug-likeness (QED) is 0.766. The van der Waals surface area contributed by atoms with Gasteiger partial charge in [0.05, 0.1) is 18.3 Å². The maximum absolute atomic E-state index is 13.1. The Labute approximate surface area is 76.7 Å². The van der Waals surface area contributed by atoms with Crippen LogP contribution in [0.4, 0.5) is 4.39 Å². The lowest BCUT2D eigenvalue weighted by atomic mass is 10.2. The number of rotatable bonds is 4. The Morgan fingerprint density at radius 1 is 1.69 bits per heavy atom. The SMILES string of the molecule is CCOCC(N)c1ncccc1F. The predicted octanol–water partition coefficient (Wildman–Crippen LogP) is 1.26. The average molecular weight is 184 g/mol. The number of pyridine rings is 1. The number of hydrogen-bond donors (Lipinski definition) is 1. The largest absolute Gasteiger partial charge is 0.380 e. The molecule has 1 rings (SSSR count). The van der Waals surface area contributed by atoms with Crippen LogP contribution in [-0.2, 0) is 4.74 Å². The molecule has 0 aliphatic heterocycles. The van der Waals surface area contributed by atoms with Crippen LogP contribution >= 0.6 is 0 Å². The molecule has 1 unspecified atom stereocenters. The van der Waals surface area contributed by atoms with Crippen LogP contribution in [0.2, 0.25) is 0 Å². The molecule has 0 saturated carbocycles. The van der Waals surface area contributed by atoms with Crippen LogP contribution in [0.5, 0.6) is 0 Å². The highest BCUT2D eigenvalue weighted by atomic mass is 19.1. The number of nitrogens with zero attached hydrogens (tertiary/aromatic N) is 1. The van der Waals surface area contributed by atoms with Gasteiger partial charge in [0.2, 0.25) is 0 Å². The lowest BCUT2D eigenvalue weighted by Crippen LogP contribution is -2.19. The molecule has 0 saturated heterocycles. The van der Waals surface area contributed by atoms with Gasteiger partial charge in [-0.25, -0.2) is 4.39 Å². The Morgan fingerprint density at radius 2 is 2.46 bits per heavy atom. The molecule has 0 fully saturated rings. The van der Waals surface area contributed by atoms with Gasteiger partial charge >= 0.3 is 0 Å². The molecule has 0 bridgehead atoms. The number of ether oxygens (including phenoxy) is 1. The van der Waals surface area contributed by atoms with E-state index in [0.717, 1.165) is 0 Å². The van der Waals surface area contributed by atoms with Gasteiger partial charge in [0.25, 0.3) is 0 Å². The second-order valence-corrected chi connectivity index (χ2v) is 2.64. The normalized spacial score (nSPS) is 12.8. The summed E-state index contributed by atoms with van der Waals surface area (Å²) in [5.41, 5.74) is 5.91. The standard InChI is InChI=1S/C9H13FN2O/c1-2-13-6-8(11)9-7(10)4-3-5-12-9/h3-5,8H,2,6,11H2,1H3. The van der Waals surface area contributed by atoms with E-state index in [0.29, 0.717) is 13.2 Å². The minimum absolute atomic E-state index is 0.260. The third-order valence-electron chi connectivity index (χ3n) is 1.64. The van der Waals surface area contributed by atoms with Gasteiger partial charge in [0.1, 0.15) is 5.82 Å². The average Bonchev–Trinajstić information content (AvgIpc) is 2.15. The number of halogens is 1. The van der Waals surface area contributed by atoms with Crippen molar-refractivity contribution in [1.82, 2.24) is 4.98 Å². The minimum Gasteiger partial charge on any atom is -0.380 e. The fourth-order valence-electron chi connectivity index (χ4n) is 0.994. The molecule has 0 amide bonds. The van der Waals surface area contributed by atoms with Crippen molar-refractivity contribution in [2.75, 3.05) is 13.2 Å². The van der Waals surface area contributed by atoms with Crippen LogP contribution in [0, 0.1) is 5.82 Å². The van der Waals surface area contributed by atoms with E-state index < -0.39 is 6.04 Å². The zero-order valence-corrected chi connectivity index (χ0v) is 7.53. The third kappa shape index (κ3) is 2.75. The Bertz CT molecular complexity index is 268. The van der Waals surface area contributed by atoms with Gasteiger partial charge < -0.3 is 10.5 Å². The highest BCUT2D eigenvalue weighted by Gasteiger charge is 2.11. The molecule has 0 aliphatic carbocycles. The fraction of sp³-hybridized carbons (Fsp3) is 0.444. The maximum Gasteiger partial charge on any atom is 0.146 e. The van der Waals surface area contributed by atoms with Crippen molar-refractivity contribution in [2.24, 2.45) is 5.73 Å². The predicted molar refractivity (Wildman–Crippen MR) is 47.6 cm³/mol. The van der Waals surface area contributed by atoms with Crippen molar-refractivity contribution in [3.05, 3.63) is 29.8 Å². The molecule has 0 radical (unpaired) electrons. The van der Waals surface area contributed by atoms with Crippen molar-refractivity contribution in [3.63, 3.8) is 0 Å². The Balaban J connectivity index is 2.65. The van der Waals surface area contributed by atoms with E-state index in [9.17, 15) is 4.39 Å². The summed E-state index contributed by atoms with van der Waals surface area (Å²) in [6.45, 7) is 2.73. The van der Waals surface area contributed by atoms with Crippen LogP contribution in [0.15, 0.2) is 18.3 Å². The summed E-state index contributed by atoms with van der Waals surface area (Å²) in [7, 11) is 0. The molecule has 0 spiro atoms. The van der Waals surface area contributed by atoms with Crippen molar-refractivity contribution in [2.45, 2.75) is 13.0 Å². The van der Waals surface area contributed by atoms with E-state index in [1.165, 1.54) is 18.3 Å². The van der Waals surface area contributed by atoms with Crippen LogP contribution in [0.3, 0.4) is 0 Å². The smallest absolute Gasteiger partial charge is 0.146 e. The maximum atomic E-state index is 13.1. The van der Waals surface area contributed by atoms with Crippen LogP contribution in [0.25, 0.3) is 0 Å². The number of nitrogens with two attached hydrogens (primary N) is 1. The first-order valence-corrected chi connectivity index (χ1v) is 4.19. The molecule has 1 aromatic rings. The van der Waals surface area contributed by atoms with Gasteiger partial charge in [-0.2, -0.15) is 0 Å². The Kier molecular flexibility index (Phi) is 3.79. The summed E-state index contributed by atoms with van der Waals surface area (Å²) >= 11 is 0. The molecule has 13 heavy (non-hydrogen) atoms. The highest BCUT2D eigenvalue weighted by molar-refractivity contribution is 5.10. The monoisotopic (exact) mass is 184 g/mol. The molecule has 1 aromatic heterocycles. The molecule has 4 heteroatoms. The van der Waals surface area contributed by atoms with E-state index in [1.54, 1.807) is 0 Å². The van der Waals surface area contributed by atoms with E-state index in [-0.39, 0.29) is 11.5 Å². The first-order chi connectivity index (χ1) is 6.25.